The molecule has 0 spiro atoms. The Bertz CT molecular complexity index is 553. The quantitative estimate of drug-likeness (QED) is 0.761. The fourth-order valence-electron chi connectivity index (χ4n) is 2.16. The number of pyridine rings is 1. The average molecular weight is 304 g/mol. The van der Waals surface area contributed by atoms with E-state index in [0.29, 0.717) is 0 Å². The Morgan fingerprint density at radius 3 is 2.76 bits per heavy atom. The fraction of sp³-hybridized carbons (Fsp3) is 0.500. The average Bonchev–Trinajstić information content (AvgIpc) is 2.85. The standard InChI is InChI=1S/C16H24N4S/c1-4-8-17-9-14-6-5-7-15(19-14)10-20(3)11-16-13(2)18-12-21-16/h5-7,12,17H,4,8-11H2,1-3H3. The maximum atomic E-state index is 4.72. The third-order valence-electron chi connectivity index (χ3n) is 3.29. The predicted octanol–water partition coefficient (Wildman–Crippen LogP) is 2.98. The van der Waals surface area contributed by atoms with Crippen LogP contribution in [0.5, 0.6) is 0 Å². The first-order valence-electron chi connectivity index (χ1n) is 7.42. The lowest BCUT2D eigenvalue weighted by Gasteiger charge is -2.16. The van der Waals surface area contributed by atoms with Crippen molar-refractivity contribution in [3.8, 4) is 0 Å². The fourth-order valence-corrected chi connectivity index (χ4v) is 3.02. The third-order valence-corrected chi connectivity index (χ3v) is 4.21. The van der Waals surface area contributed by atoms with E-state index in [0.717, 1.165) is 49.7 Å². The van der Waals surface area contributed by atoms with Crippen molar-refractivity contribution >= 4 is 11.3 Å². The molecule has 0 amide bonds. The zero-order valence-electron chi connectivity index (χ0n) is 13.1. The van der Waals surface area contributed by atoms with Gasteiger partial charge in [0.2, 0.25) is 0 Å². The molecule has 0 radical (unpaired) electrons. The Hall–Kier alpha value is -1.30. The van der Waals surface area contributed by atoms with Crippen molar-refractivity contribution in [1.82, 2.24) is 20.2 Å². The highest BCUT2D eigenvalue weighted by atomic mass is 32.1. The molecule has 0 aliphatic heterocycles. The molecule has 2 heterocycles. The van der Waals surface area contributed by atoms with Gasteiger partial charge in [-0.3, -0.25) is 9.88 Å². The summed E-state index contributed by atoms with van der Waals surface area (Å²) in [5.74, 6) is 0. The number of hydrogen-bond donors (Lipinski definition) is 1. The van der Waals surface area contributed by atoms with Crippen molar-refractivity contribution in [2.45, 2.75) is 39.9 Å². The van der Waals surface area contributed by atoms with Gasteiger partial charge >= 0.3 is 0 Å². The molecule has 0 aromatic carbocycles. The molecule has 0 bridgehead atoms. The van der Waals surface area contributed by atoms with E-state index >= 15 is 0 Å². The van der Waals surface area contributed by atoms with Crippen LogP contribution >= 0.6 is 11.3 Å². The Kier molecular flexibility index (Phi) is 6.29. The number of rotatable bonds is 8. The van der Waals surface area contributed by atoms with Crippen LogP contribution in [0.25, 0.3) is 0 Å². The smallest absolute Gasteiger partial charge is 0.0798 e. The summed E-state index contributed by atoms with van der Waals surface area (Å²) in [6.07, 6.45) is 1.15. The molecule has 5 heteroatoms. The molecule has 0 fully saturated rings. The minimum Gasteiger partial charge on any atom is -0.311 e. The number of nitrogens with one attached hydrogen (secondary N) is 1. The van der Waals surface area contributed by atoms with Gasteiger partial charge in [-0.2, -0.15) is 0 Å². The van der Waals surface area contributed by atoms with Crippen LogP contribution in [0.3, 0.4) is 0 Å². The molecule has 1 N–H and O–H groups in total. The zero-order valence-corrected chi connectivity index (χ0v) is 13.9. The van der Waals surface area contributed by atoms with E-state index in [2.05, 4.69) is 54.3 Å². The molecule has 114 valence electrons. The first-order chi connectivity index (χ1) is 10.2. The minimum atomic E-state index is 0.847. The van der Waals surface area contributed by atoms with E-state index in [9.17, 15) is 0 Å². The molecule has 0 unspecified atom stereocenters. The largest absolute Gasteiger partial charge is 0.311 e. The maximum Gasteiger partial charge on any atom is 0.0798 e. The van der Waals surface area contributed by atoms with Crippen molar-refractivity contribution in [2.24, 2.45) is 0 Å². The first-order valence-corrected chi connectivity index (χ1v) is 8.30. The second-order valence-electron chi connectivity index (χ2n) is 5.33. The first kappa shape index (κ1) is 16.1. The van der Waals surface area contributed by atoms with Gasteiger partial charge in [-0.15, -0.1) is 11.3 Å². The number of aryl methyl sites for hydroxylation is 1. The van der Waals surface area contributed by atoms with E-state index in [4.69, 9.17) is 4.98 Å². The van der Waals surface area contributed by atoms with Crippen LogP contribution in [-0.2, 0) is 19.6 Å². The predicted molar refractivity (Wildman–Crippen MR) is 88.3 cm³/mol. The highest BCUT2D eigenvalue weighted by Gasteiger charge is 2.07. The topological polar surface area (TPSA) is 41.0 Å². The van der Waals surface area contributed by atoms with Gasteiger partial charge in [-0.1, -0.05) is 13.0 Å². The summed E-state index contributed by atoms with van der Waals surface area (Å²) in [5, 5.41) is 3.39. The Balaban J connectivity index is 1.89. The minimum absolute atomic E-state index is 0.847. The van der Waals surface area contributed by atoms with E-state index in [-0.39, 0.29) is 0 Å². The van der Waals surface area contributed by atoms with Crippen molar-refractivity contribution in [3.05, 3.63) is 45.7 Å². The molecular formula is C16H24N4S. The van der Waals surface area contributed by atoms with E-state index < -0.39 is 0 Å². The summed E-state index contributed by atoms with van der Waals surface area (Å²) < 4.78 is 0. The Labute approximate surface area is 131 Å². The SMILES string of the molecule is CCCNCc1cccc(CN(C)Cc2scnc2C)n1. The zero-order chi connectivity index (χ0) is 15.1. The van der Waals surface area contributed by atoms with Crippen LogP contribution < -0.4 is 5.32 Å². The molecule has 0 aliphatic carbocycles. The van der Waals surface area contributed by atoms with Crippen LogP contribution in [0.2, 0.25) is 0 Å². The molecule has 2 aromatic heterocycles. The van der Waals surface area contributed by atoms with Gasteiger partial charge < -0.3 is 5.32 Å². The summed E-state index contributed by atoms with van der Waals surface area (Å²) in [4.78, 5) is 12.6. The molecule has 0 saturated heterocycles. The molecule has 4 nitrogen and oxygen atoms in total. The second kappa shape index (κ2) is 8.22. The van der Waals surface area contributed by atoms with E-state index in [1.807, 2.05) is 5.51 Å². The van der Waals surface area contributed by atoms with Crippen LogP contribution in [0.15, 0.2) is 23.7 Å². The molecule has 0 saturated carbocycles. The highest BCUT2D eigenvalue weighted by molar-refractivity contribution is 7.09. The van der Waals surface area contributed by atoms with Gasteiger partial charge in [0.1, 0.15) is 0 Å². The van der Waals surface area contributed by atoms with Crippen molar-refractivity contribution in [3.63, 3.8) is 0 Å². The van der Waals surface area contributed by atoms with Gasteiger partial charge in [0.25, 0.3) is 0 Å². The van der Waals surface area contributed by atoms with Crippen molar-refractivity contribution < 1.29 is 0 Å². The molecule has 2 aromatic rings. The highest BCUT2D eigenvalue weighted by Crippen LogP contribution is 2.15. The number of aromatic nitrogens is 2. The lowest BCUT2D eigenvalue weighted by molar-refractivity contribution is 0.316. The number of nitrogens with zero attached hydrogens (tertiary/aromatic N) is 3. The maximum absolute atomic E-state index is 4.72. The lowest BCUT2D eigenvalue weighted by Crippen LogP contribution is -2.19. The third kappa shape index (κ3) is 5.19. The summed E-state index contributed by atoms with van der Waals surface area (Å²) in [5.41, 5.74) is 5.28. The number of hydrogen-bond acceptors (Lipinski definition) is 5. The van der Waals surface area contributed by atoms with Crippen LogP contribution in [-0.4, -0.2) is 28.5 Å². The molecular weight excluding hydrogens is 280 g/mol. The van der Waals surface area contributed by atoms with Crippen LogP contribution in [0.4, 0.5) is 0 Å². The van der Waals surface area contributed by atoms with Crippen LogP contribution in [0, 0.1) is 6.92 Å². The Morgan fingerprint density at radius 2 is 2.05 bits per heavy atom. The van der Waals surface area contributed by atoms with Gasteiger partial charge in [0.05, 0.1) is 22.6 Å². The second-order valence-corrected chi connectivity index (χ2v) is 6.27. The summed E-state index contributed by atoms with van der Waals surface area (Å²) >= 11 is 1.72. The van der Waals surface area contributed by atoms with Gasteiger partial charge in [-0.25, -0.2) is 4.98 Å². The number of thiazole rings is 1. The lowest BCUT2D eigenvalue weighted by atomic mass is 10.2. The normalized spacial score (nSPS) is 11.2. The van der Waals surface area contributed by atoms with Gasteiger partial charge in [0.15, 0.2) is 0 Å². The van der Waals surface area contributed by atoms with Crippen molar-refractivity contribution in [1.29, 1.82) is 0 Å². The summed E-state index contributed by atoms with van der Waals surface area (Å²) in [6.45, 7) is 7.91. The van der Waals surface area contributed by atoms with E-state index in [1.54, 1.807) is 11.3 Å². The van der Waals surface area contributed by atoms with Crippen LogP contribution in [0.1, 0.15) is 35.3 Å². The molecule has 21 heavy (non-hydrogen) atoms. The molecule has 0 atom stereocenters. The van der Waals surface area contributed by atoms with Gasteiger partial charge in [0, 0.05) is 24.5 Å². The van der Waals surface area contributed by atoms with Gasteiger partial charge in [-0.05, 0) is 39.1 Å². The summed E-state index contributed by atoms with van der Waals surface area (Å²) in [6, 6.07) is 6.27. The van der Waals surface area contributed by atoms with E-state index in [1.165, 1.54) is 4.88 Å². The monoisotopic (exact) mass is 304 g/mol. The molecule has 0 aliphatic rings. The Morgan fingerprint density at radius 1 is 1.24 bits per heavy atom. The van der Waals surface area contributed by atoms with Crippen molar-refractivity contribution in [2.75, 3.05) is 13.6 Å². The molecule has 2 rings (SSSR count). The summed E-state index contributed by atoms with van der Waals surface area (Å²) in [7, 11) is 2.13.